The minimum atomic E-state index is -6.07. The summed E-state index contributed by atoms with van der Waals surface area (Å²) in [6.45, 7) is -5.33. The van der Waals surface area contributed by atoms with Crippen molar-refractivity contribution in [3.63, 3.8) is 0 Å². The molecule has 18 N–H and O–H groups in total. The third-order valence-corrected chi connectivity index (χ3v) is 14.5. The van der Waals surface area contributed by atoms with E-state index in [9.17, 15) is 129 Å². The zero-order valence-corrected chi connectivity index (χ0v) is 44.2. The number of carboxylic acids is 2. The van der Waals surface area contributed by atoms with E-state index in [1.165, 1.54) is 4.72 Å². The Bertz CT molecular complexity index is 2880. The number of carboxylic acid groups (broad SMARTS) is 2. The van der Waals surface area contributed by atoms with Gasteiger partial charge in [0.05, 0.1) is 32.5 Å². The molecule has 5 fully saturated rings. The molecule has 0 bridgehead atoms. The van der Waals surface area contributed by atoms with Crippen LogP contribution in [0.5, 0.6) is 0 Å². The number of rotatable bonds is 26. The maximum Gasteiger partial charge on any atom is 0.397 e. The second-order valence-corrected chi connectivity index (χ2v) is 23.6. The summed E-state index contributed by atoms with van der Waals surface area (Å²) in [7, 11) is -34.7. The second-order valence-electron chi connectivity index (χ2n) is 17.1. The van der Waals surface area contributed by atoms with E-state index in [4.69, 9.17) is 52.9 Å². The molecule has 5 heterocycles. The predicted octanol–water partition coefficient (Wildman–Crippen LogP) is -12.6. The van der Waals surface area contributed by atoms with Crippen LogP contribution in [0.3, 0.4) is 0 Å². The van der Waals surface area contributed by atoms with E-state index in [2.05, 4.69) is 20.9 Å². The van der Waals surface area contributed by atoms with Gasteiger partial charge < -0.3 is 94.3 Å². The number of ether oxygens (including phenoxy) is 9. The van der Waals surface area contributed by atoms with Gasteiger partial charge in [0, 0.05) is 0 Å². The number of nitrogens with two attached hydrogens (primary N) is 1. The normalized spacial score (nSPS) is 40.5. The molecule has 0 radical (unpaired) electrons. The van der Waals surface area contributed by atoms with Gasteiger partial charge >= 0.3 is 74.2 Å². The van der Waals surface area contributed by atoms with Crippen LogP contribution >= 0.6 is 0 Å². The van der Waals surface area contributed by atoms with Gasteiger partial charge in [0.1, 0.15) is 91.5 Å². The zero-order chi connectivity index (χ0) is 61.4. The average Bonchev–Trinajstić information content (AvgIpc) is 3.76. The fourth-order valence-electron chi connectivity index (χ4n) is 8.36. The molecule has 45 nitrogen and oxygen atoms in total. The van der Waals surface area contributed by atoms with Gasteiger partial charge in [-0.05, 0) is 0 Å². The van der Waals surface area contributed by atoms with Gasteiger partial charge in [0.2, 0.25) is 0 Å². The molecule has 0 aromatic carbocycles. The fraction of sp³-hybridized carbons (Fsp3) is 0.933. The highest BCUT2D eigenvalue weighted by molar-refractivity contribution is 7.83. The van der Waals surface area contributed by atoms with Crippen LogP contribution in [0.2, 0.25) is 0 Å². The van der Waals surface area contributed by atoms with Gasteiger partial charge in [-0.2, -0.15) is 55.2 Å². The Morgan fingerprint density at radius 2 is 0.790 bits per heavy atom. The predicted molar refractivity (Wildman–Crippen MR) is 233 cm³/mol. The topological polar surface area (TPSA) is 710 Å². The largest absolute Gasteiger partial charge is 0.479 e. The minimum absolute atomic E-state index is 0.961. The molecular weight excluding hydrogens is 1270 g/mol. The van der Waals surface area contributed by atoms with Crippen molar-refractivity contribution in [1.29, 1.82) is 0 Å². The number of aliphatic carboxylic acids is 2. The van der Waals surface area contributed by atoms with Crippen molar-refractivity contribution in [1.82, 2.24) is 4.72 Å². The van der Waals surface area contributed by atoms with Gasteiger partial charge in [0.15, 0.2) is 49.6 Å². The summed E-state index contributed by atoms with van der Waals surface area (Å²) in [4.78, 5) is 25.5. The second kappa shape index (κ2) is 26.6. The van der Waals surface area contributed by atoms with Crippen molar-refractivity contribution >= 4 is 74.2 Å². The van der Waals surface area contributed by atoms with Crippen molar-refractivity contribution < 1.29 is 197 Å². The van der Waals surface area contributed by atoms with Crippen LogP contribution in [0.15, 0.2) is 0 Å². The van der Waals surface area contributed by atoms with Crippen molar-refractivity contribution in [2.45, 2.75) is 147 Å². The summed E-state index contributed by atoms with van der Waals surface area (Å²) in [5.74, 6) is -4.62. The molecule has 81 heavy (non-hydrogen) atoms. The molecule has 474 valence electrons. The van der Waals surface area contributed by atoms with Crippen LogP contribution in [-0.2, 0) is 135 Å². The van der Waals surface area contributed by atoms with Crippen LogP contribution in [-0.4, -0.2) is 309 Å². The van der Waals surface area contributed by atoms with Crippen LogP contribution in [0.4, 0.5) is 0 Å². The first-order valence-corrected chi connectivity index (χ1v) is 29.9. The number of aliphatic hydroxyl groups excluding tert-OH is 7. The first-order chi connectivity index (χ1) is 36.9. The summed E-state index contributed by atoms with van der Waals surface area (Å²) in [6, 6.07) is -5.25. The number of nitrogens with one attached hydrogen (secondary N) is 1. The molecule has 5 aliphatic rings. The van der Waals surface area contributed by atoms with Crippen LogP contribution in [0, 0.1) is 0 Å². The van der Waals surface area contributed by atoms with Crippen LogP contribution < -0.4 is 10.5 Å². The fourth-order valence-corrected chi connectivity index (χ4v) is 11.1. The lowest BCUT2D eigenvalue weighted by Crippen LogP contribution is -2.70. The Labute approximate surface area is 453 Å². The summed E-state index contributed by atoms with van der Waals surface area (Å²) in [6.07, 6.45) is -57.7. The maximum atomic E-state index is 12.8. The Balaban J connectivity index is 1.55. The molecule has 0 aromatic heterocycles. The van der Waals surface area contributed by atoms with Crippen molar-refractivity contribution in [2.24, 2.45) is 5.73 Å². The summed E-state index contributed by atoms with van der Waals surface area (Å²) in [5, 5.41) is 96.0. The monoisotopic (exact) mass is 1320 g/mol. The van der Waals surface area contributed by atoms with Crippen LogP contribution in [0.25, 0.3) is 0 Å². The van der Waals surface area contributed by atoms with Crippen molar-refractivity contribution in [3.05, 3.63) is 0 Å². The average molecular weight is 1320 g/mol. The molecule has 0 saturated carbocycles. The third kappa shape index (κ3) is 18.7. The highest BCUT2D eigenvalue weighted by Gasteiger charge is 2.61. The number of carbonyl (C=O) groups is 2. The summed E-state index contributed by atoms with van der Waals surface area (Å²) >= 11 is 0. The lowest BCUT2D eigenvalue weighted by molar-refractivity contribution is -0.368. The van der Waals surface area contributed by atoms with E-state index < -0.39 is 248 Å². The first kappa shape index (κ1) is 69.3. The number of aliphatic hydroxyl groups is 7. The zero-order valence-electron chi connectivity index (χ0n) is 39.4. The molecule has 0 aliphatic carbocycles. The highest BCUT2D eigenvalue weighted by Crippen LogP contribution is 2.38. The molecule has 5 rings (SSSR count). The quantitative estimate of drug-likeness (QED) is 0.0358. The Kier molecular flexibility index (Phi) is 22.8. The van der Waals surface area contributed by atoms with E-state index in [-0.39, 0.29) is 0 Å². The standard InChI is InChI=1S/C30H50N2O43S6/c31-9-18(73-79(53,54)55)12(36)7(3-62-77(47,48)49)65-27(9)69-19-14(38)21(74-80(56,57)58)30(71-23(19)25(40)41)68-17-8(4-63-78(50,51)52)66-28(10(13(17)37)32-76(44,45)46)70-20-15(39)22(75-81(59,60)61)29(72-24(20)26(42)43)67-16-6(2-34)64-5(1-33)11(16)35/h5-24,27-30,32-39H,1-4,31H2,(H,40,41)(H,42,43)(H,44,45,46)(H,47,48,49)(H,50,51,52)(H,53,54,55)(H,56,57,58)(H,59,60,61)/t5-,6-,7-,8-,9-,10-,11-,12-,13-,14+,15+,16-,17-,18-,19+,20+,21-,22-,23-,24-,27-,28-,29-,30-/m1/s1. The molecule has 51 heteroatoms. The highest BCUT2D eigenvalue weighted by atomic mass is 32.3. The molecule has 0 amide bonds. The molecule has 0 aromatic rings. The van der Waals surface area contributed by atoms with Gasteiger partial charge in [-0.15, -0.1) is 0 Å². The van der Waals surface area contributed by atoms with Crippen LogP contribution in [0.1, 0.15) is 0 Å². The first-order valence-electron chi connectivity index (χ1n) is 21.6. The molecule has 0 unspecified atom stereocenters. The minimum Gasteiger partial charge on any atom is -0.479 e. The van der Waals surface area contributed by atoms with E-state index >= 15 is 0 Å². The molecule has 5 aliphatic heterocycles. The van der Waals surface area contributed by atoms with E-state index in [0.717, 1.165) is 0 Å². The number of hydrogen-bond donors (Lipinski definition) is 17. The Hall–Kier alpha value is -2.52. The molecule has 24 atom stereocenters. The smallest absolute Gasteiger partial charge is 0.397 e. The lowest BCUT2D eigenvalue weighted by Gasteiger charge is -2.49. The molecule has 0 spiro atoms. The third-order valence-electron chi connectivity index (χ3n) is 11.6. The van der Waals surface area contributed by atoms with E-state index in [1.54, 1.807) is 0 Å². The van der Waals surface area contributed by atoms with Gasteiger partial charge in [-0.25, -0.2) is 30.5 Å². The SMILES string of the molecule is N[C@H]1[C@@H](O[C@H]2[C@H](O)[C@@H](OS(=O)(=O)O)[C@H](O[C@H]3[C@H](O)[C@@H](NS(=O)(=O)O)[C@@H](O[C@H]4[C@H](O)[C@@H](OS(=O)(=O)O)[C@H](O[C@H]5[C@H](O)[C@@H](CO)O[C@@H]5CO)O[C@H]4C(=O)O)O[C@@H]3COS(=O)(=O)O)O[C@H]2C(=O)O)O[C@H](COS(=O)(=O)O)[C@@H](O)[C@@H]1OS(=O)(=O)O. The summed E-state index contributed by atoms with van der Waals surface area (Å²) in [5.41, 5.74) is 5.88. The Morgan fingerprint density at radius 3 is 1.19 bits per heavy atom. The van der Waals surface area contributed by atoms with E-state index in [0.29, 0.717) is 0 Å². The van der Waals surface area contributed by atoms with Gasteiger partial charge in [0.25, 0.3) is 0 Å². The Morgan fingerprint density at radius 1 is 0.420 bits per heavy atom. The number of hydrogen-bond acceptors (Lipinski definition) is 36. The summed E-state index contributed by atoms with van der Waals surface area (Å²) < 4.78 is 271. The van der Waals surface area contributed by atoms with Gasteiger partial charge in [-0.3, -0.25) is 27.3 Å². The van der Waals surface area contributed by atoms with Gasteiger partial charge in [-0.1, -0.05) is 0 Å². The lowest BCUT2D eigenvalue weighted by atomic mass is 9.94. The molecule has 5 saturated heterocycles. The van der Waals surface area contributed by atoms with Crippen molar-refractivity contribution in [3.8, 4) is 0 Å². The van der Waals surface area contributed by atoms with Crippen molar-refractivity contribution in [2.75, 3.05) is 26.4 Å². The van der Waals surface area contributed by atoms with E-state index in [1.807, 2.05) is 0 Å². The molecular formula is C30H50N2O43S6. The maximum absolute atomic E-state index is 12.8.